The minimum atomic E-state index is -0.339. The summed E-state index contributed by atoms with van der Waals surface area (Å²) >= 11 is 0. The zero-order valence-corrected chi connectivity index (χ0v) is 14.1. The Morgan fingerprint density at radius 2 is 2.00 bits per heavy atom. The van der Waals surface area contributed by atoms with Crippen molar-refractivity contribution in [1.82, 2.24) is 19.9 Å². The molecule has 0 aliphatic heterocycles. The number of nitrogens with zero attached hydrogens (tertiary/aromatic N) is 3. The Morgan fingerprint density at radius 1 is 1.16 bits per heavy atom. The van der Waals surface area contributed by atoms with Crippen LogP contribution in [0.5, 0.6) is 5.88 Å². The van der Waals surface area contributed by atoms with E-state index in [4.69, 9.17) is 15.5 Å². The van der Waals surface area contributed by atoms with Crippen LogP contribution in [0.1, 0.15) is 25.6 Å². The predicted molar refractivity (Wildman–Crippen MR) is 96.2 cm³/mol. The van der Waals surface area contributed by atoms with Gasteiger partial charge in [0.1, 0.15) is 17.2 Å². The minimum Gasteiger partial charge on any atom is -0.480 e. The lowest BCUT2D eigenvalue weighted by molar-refractivity contribution is 0.404. The molecule has 4 aromatic rings. The second-order valence-corrected chi connectivity index (χ2v) is 6.02. The number of ether oxygens (including phenoxy) is 1. The second-order valence-electron chi connectivity index (χ2n) is 6.02. The SMILES string of the molecule is CCCCc1nc2c3ccc(F)cc3c3c(OC)nc(N)nc3c2[nH]1. The largest absolute Gasteiger partial charge is 0.480 e. The van der Waals surface area contributed by atoms with Gasteiger partial charge in [0.05, 0.1) is 23.5 Å². The number of unbranched alkanes of at least 4 members (excludes halogenated alkanes) is 1. The van der Waals surface area contributed by atoms with E-state index in [2.05, 4.69) is 21.9 Å². The van der Waals surface area contributed by atoms with Crippen molar-refractivity contribution in [2.45, 2.75) is 26.2 Å². The van der Waals surface area contributed by atoms with Crippen molar-refractivity contribution in [3.05, 3.63) is 29.8 Å². The monoisotopic (exact) mass is 339 g/mol. The fraction of sp³-hybridized carbons (Fsp3) is 0.278. The number of imidazole rings is 1. The number of nitrogen functional groups attached to an aromatic ring is 1. The molecule has 0 radical (unpaired) electrons. The van der Waals surface area contributed by atoms with Crippen LogP contribution in [0.15, 0.2) is 18.2 Å². The number of hydrogen-bond donors (Lipinski definition) is 2. The molecule has 0 atom stereocenters. The van der Waals surface area contributed by atoms with Gasteiger partial charge >= 0.3 is 0 Å². The number of aryl methyl sites for hydroxylation is 1. The molecule has 0 spiro atoms. The molecule has 128 valence electrons. The van der Waals surface area contributed by atoms with Crippen LogP contribution >= 0.6 is 0 Å². The minimum absolute atomic E-state index is 0.103. The number of H-pyrrole nitrogens is 1. The van der Waals surface area contributed by atoms with Crippen LogP contribution in [0.3, 0.4) is 0 Å². The Bertz CT molecular complexity index is 1110. The first-order valence-corrected chi connectivity index (χ1v) is 8.23. The van der Waals surface area contributed by atoms with Crippen molar-refractivity contribution >= 4 is 38.7 Å². The molecule has 7 heteroatoms. The number of nitrogens with two attached hydrogens (primary N) is 1. The highest BCUT2D eigenvalue weighted by Crippen LogP contribution is 2.37. The van der Waals surface area contributed by atoms with Gasteiger partial charge in [-0.1, -0.05) is 13.3 Å². The molecule has 2 aromatic heterocycles. The third kappa shape index (κ3) is 2.43. The van der Waals surface area contributed by atoms with Crippen molar-refractivity contribution in [2.24, 2.45) is 0 Å². The lowest BCUT2D eigenvalue weighted by Gasteiger charge is -2.09. The molecule has 0 amide bonds. The number of benzene rings is 2. The third-order valence-electron chi connectivity index (χ3n) is 4.35. The van der Waals surface area contributed by atoms with Gasteiger partial charge in [-0.3, -0.25) is 0 Å². The van der Waals surface area contributed by atoms with Gasteiger partial charge in [0, 0.05) is 17.2 Å². The molecule has 0 bridgehead atoms. The maximum absolute atomic E-state index is 13.9. The second kappa shape index (κ2) is 5.84. The van der Waals surface area contributed by atoms with Crippen LogP contribution in [-0.2, 0) is 6.42 Å². The lowest BCUT2D eigenvalue weighted by Crippen LogP contribution is -2.00. The van der Waals surface area contributed by atoms with Gasteiger partial charge in [-0.25, -0.2) is 14.4 Å². The predicted octanol–water partition coefficient (Wildman–Crippen LogP) is 3.73. The maximum Gasteiger partial charge on any atom is 0.226 e. The van der Waals surface area contributed by atoms with E-state index in [9.17, 15) is 4.39 Å². The molecule has 2 aromatic carbocycles. The smallest absolute Gasteiger partial charge is 0.226 e. The van der Waals surface area contributed by atoms with Gasteiger partial charge < -0.3 is 15.5 Å². The Labute approximate surface area is 143 Å². The maximum atomic E-state index is 13.9. The van der Waals surface area contributed by atoms with Gasteiger partial charge in [0.25, 0.3) is 0 Å². The van der Waals surface area contributed by atoms with Crippen LogP contribution in [0, 0.1) is 5.82 Å². The zero-order valence-electron chi connectivity index (χ0n) is 14.1. The van der Waals surface area contributed by atoms with E-state index >= 15 is 0 Å². The van der Waals surface area contributed by atoms with E-state index in [1.807, 2.05) is 0 Å². The van der Waals surface area contributed by atoms with E-state index in [1.54, 1.807) is 6.07 Å². The summed E-state index contributed by atoms with van der Waals surface area (Å²) in [6, 6.07) is 4.62. The molecule has 0 aliphatic rings. The number of aromatic amines is 1. The van der Waals surface area contributed by atoms with E-state index in [1.165, 1.54) is 19.2 Å². The van der Waals surface area contributed by atoms with Crippen LogP contribution in [-0.4, -0.2) is 27.0 Å². The number of fused-ring (bicyclic) bond motifs is 6. The Kier molecular flexibility index (Phi) is 3.63. The van der Waals surface area contributed by atoms with Gasteiger partial charge in [-0.2, -0.15) is 4.98 Å². The molecular formula is C18H18FN5O. The average Bonchev–Trinajstić information content (AvgIpc) is 3.03. The molecule has 2 heterocycles. The molecule has 0 saturated carbocycles. The molecule has 25 heavy (non-hydrogen) atoms. The number of anilines is 1. The highest BCUT2D eigenvalue weighted by atomic mass is 19.1. The van der Waals surface area contributed by atoms with E-state index in [-0.39, 0.29) is 11.8 Å². The molecule has 0 fully saturated rings. The molecular weight excluding hydrogens is 321 g/mol. The van der Waals surface area contributed by atoms with Crippen molar-refractivity contribution < 1.29 is 9.13 Å². The van der Waals surface area contributed by atoms with Gasteiger partial charge in [0.15, 0.2) is 0 Å². The van der Waals surface area contributed by atoms with Gasteiger partial charge in [-0.05, 0) is 24.6 Å². The van der Waals surface area contributed by atoms with E-state index < -0.39 is 0 Å². The third-order valence-corrected chi connectivity index (χ3v) is 4.35. The van der Waals surface area contributed by atoms with Gasteiger partial charge in [-0.15, -0.1) is 0 Å². The van der Waals surface area contributed by atoms with Crippen molar-refractivity contribution in [3.8, 4) is 5.88 Å². The fourth-order valence-electron chi connectivity index (χ4n) is 3.21. The molecule has 6 nitrogen and oxygen atoms in total. The van der Waals surface area contributed by atoms with E-state index in [0.717, 1.165) is 41.5 Å². The number of nitrogens with one attached hydrogen (secondary N) is 1. The van der Waals surface area contributed by atoms with Crippen molar-refractivity contribution in [1.29, 1.82) is 0 Å². The van der Waals surface area contributed by atoms with Crippen molar-refractivity contribution in [2.75, 3.05) is 12.8 Å². The first kappa shape index (κ1) is 15.6. The number of aromatic nitrogens is 4. The number of halogens is 1. The summed E-state index contributed by atoms with van der Waals surface area (Å²) in [6.45, 7) is 2.13. The van der Waals surface area contributed by atoms with Crippen LogP contribution in [0.25, 0.3) is 32.7 Å². The highest BCUT2D eigenvalue weighted by Gasteiger charge is 2.19. The summed E-state index contributed by atoms with van der Waals surface area (Å²) in [6.07, 6.45) is 2.95. The Hall–Kier alpha value is -2.96. The van der Waals surface area contributed by atoms with Crippen LogP contribution in [0.2, 0.25) is 0 Å². The normalized spacial score (nSPS) is 11.6. The van der Waals surface area contributed by atoms with Crippen molar-refractivity contribution in [3.63, 3.8) is 0 Å². The topological polar surface area (TPSA) is 89.7 Å². The molecule has 3 N–H and O–H groups in total. The highest BCUT2D eigenvalue weighted by molar-refractivity contribution is 6.23. The molecule has 4 rings (SSSR count). The first-order chi connectivity index (χ1) is 12.1. The van der Waals surface area contributed by atoms with Crippen LogP contribution in [0.4, 0.5) is 10.3 Å². The number of hydrogen-bond acceptors (Lipinski definition) is 5. The summed E-state index contributed by atoms with van der Waals surface area (Å²) in [5.74, 6) is 0.968. The summed E-state index contributed by atoms with van der Waals surface area (Å²) in [5.41, 5.74) is 7.96. The van der Waals surface area contributed by atoms with Crippen LogP contribution < -0.4 is 10.5 Å². The molecule has 0 saturated heterocycles. The van der Waals surface area contributed by atoms with E-state index in [0.29, 0.717) is 22.2 Å². The fourth-order valence-corrected chi connectivity index (χ4v) is 3.21. The quantitative estimate of drug-likeness (QED) is 0.553. The summed E-state index contributed by atoms with van der Waals surface area (Å²) < 4.78 is 19.3. The Morgan fingerprint density at radius 3 is 2.76 bits per heavy atom. The molecule has 0 aliphatic carbocycles. The molecule has 0 unspecified atom stereocenters. The standard InChI is InChI=1S/C18H18FN5O/c1-3-4-5-12-21-14-10-7-6-9(19)8-11(10)13-15(16(14)22-12)23-18(20)24-17(13)25-2/h6-8H,3-5H2,1-2H3,(H,21,22)(H2,20,23,24). The summed E-state index contributed by atoms with van der Waals surface area (Å²) in [4.78, 5) is 16.6. The Balaban J connectivity index is 2.19. The zero-order chi connectivity index (χ0) is 17.6. The summed E-state index contributed by atoms with van der Waals surface area (Å²) in [7, 11) is 1.51. The first-order valence-electron chi connectivity index (χ1n) is 8.23. The van der Waals surface area contributed by atoms with Gasteiger partial charge in [0.2, 0.25) is 11.8 Å². The lowest BCUT2D eigenvalue weighted by atomic mass is 10.0. The summed E-state index contributed by atoms with van der Waals surface area (Å²) in [5, 5.41) is 2.12. The average molecular weight is 339 g/mol. The number of methoxy groups -OCH3 is 1. The number of rotatable bonds is 4.